The highest BCUT2D eigenvalue weighted by atomic mass is 79.9. The van der Waals surface area contributed by atoms with Crippen molar-refractivity contribution < 1.29 is 19.4 Å². The summed E-state index contributed by atoms with van der Waals surface area (Å²) in [7, 11) is 2.76. The van der Waals surface area contributed by atoms with E-state index in [1.165, 1.54) is 14.2 Å². The molecule has 0 aliphatic heterocycles. The summed E-state index contributed by atoms with van der Waals surface area (Å²) in [6, 6.07) is 11.3. The van der Waals surface area contributed by atoms with Gasteiger partial charge in [-0.05, 0) is 33.1 Å². The summed E-state index contributed by atoms with van der Waals surface area (Å²) in [6.45, 7) is 0. The summed E-state index contributed by atoms with van der Waals surface area (Å²) < 4.78 is 10.3. The number of hydrogen-bond acceptors (Lipinski definition) is 4. The quantitative estimate of drug-likeness (QED) is 0.656. The zero-order chi connectivity index (χ0) is 16.1. The van der Waals surface area contributed by atoms with Gasteiger partial charge in [0.25, 0.3) is 0 Å². The lowest BCUT2D eigenvalue weighted by Gasteiger charge is -2.12. The average molecular weight is 363 g/mol. The number of methoxy groups -OCH3 is 2. The Hall–Kier alpha value is -2.27. The Labute approximate surface area is 137 Å². The molecule has 0 unspecified atom stereocenters. The highest BCUT2D eigenvalue weighted by Gasteiger charge is 2.21. The van der Waals surface area contributed by atoms with E-state index in [-0.39, 0.29) is 11.3 Å². The van der Waals surface area contributed by atoms with E-state index in [0.717, 1.165) is 5.56 Å². The summed E-state index contributed by atoms with van der Waals surface area (Å²) in [5, 5.41) is 10.2. The topological polar surface area (TPSA) is 55.8 Å². The molecule has 0 atom stereocenters. The first-order chi connectivity index (χ1) is 10.6. The number of carbonyl (C=O) groups excluding carboxylic acids is 1. The van der Waals surface area contributed by atoms with Crippen LogP contribution in [0.2, 0.25) is 0 Å². The highest BCUT2D eigenvalue weighted by molar-refractivity contribution is 9.10. The van der Waals surface area contributed by atoms with E-state index in [4.69, 9.17) is 9.47 Å². The minimum absolute atomic E-state index is 0.0855. The molecule has 2 rings (SSSR count). The van der Waals surface area contributed by atoms with Gasteiger partial charge in [-0.2, -0.15) is 0 Å². The minimum atomic E-state index is -0.617. The minimum Gasteiger partial charge on any atom is -0.506 e. The second kappa shape index (κ2) is 7.13. The summed E-state index contributed by atoms with van der Waals surface area (Å²) in [4.78, 5) is 11.9. The Morgan fingerprint density at radius 2 is 1.86 bits per heavy atom. The molecule has 0 aromatic heterocycles. The van der Waals surface area contributed by atoms with Gasteiger partial charge in [0.2, 0.25) is 0 Å². The SMILES string of the molecule is COC(=O)c1c(/C=C/c2ccccc2)cc(OC)c(Br)c1O. The van der Waals surface area contributed by atoms with E-state index in [1.807, 2.05) is 36.4 Å². The number of hydrogen-bond donors (Lipinski definition) is 1. The molecule has 0 amide bonds. The Morgan fingerprint density at radius 3 is 2.45 bits per heavy atom. The molecular formula is C17H15BrO4. The molecule has 5 heteroatoms. The van der Waals surface area contributed by atoms with Gasteiger partial charge in [0.1, 0.15) is 21.5 Å². The Bertz CT molecular complexity index is 708. The predicted molar refractivity (Wildman–Crippen MR) is 89.1 cm³/mol. The first kappa shape index (κ1) is 16.1. The third-order valence-electron chi connectivity index (χ3n) is 3.10. The smallest absolute Gasteiger partial charge is 0.342 e. The molecule has 0 saturated carbocycles. The van der Waals surface area contributed by atoms with Gasteiger partial charge < -0.3 is 14.6 Å². The number of phenolic OH excluding ortho intramolecular Hbond substituents is 1. The molecular weight excluding hydrogens is 348 g/mol. The van der Waals surface area contributed by atoms with E-state index in [2.05, 4.69) is 15.9 Å². The van der Waals surface area contributed by atoms with Gasteiger partial charge in [-0.25, -0.2) is 4.79 Å². The predicted octanol–water partition coefficient (Wildman–Crippen LogP) is 4.12. The van der Waals surface area contributed by atoms with Crippen molar-refractivity contribution in [2.24, 2.45) is 0 Å². The molecule has 0 heterocycles. The molecule has 0 aliphatic carbocycles. The third-order valence-corrected chi connectivity index (χ3v) is 3.87. The first-order valence-corrected chi connectivity index (χ1v) is 7.28. The van der Waals surface area contributed by atoms with Gasteiger partial charge in [0, 0.05) is 0 Å². The number of carbonyl (C=O) groups is 1. The van der Waals surface area contributed by atoms with Crippen LogP contribution in [0.5, 0.6) is 11.5 Å². The van der Waals surface area contributed by atoms with Crippen LogP contribution in [0.3, 0.4) is 0 Å². The van der Waals surface area contributed by atoms with Crippen LogP contribution >= 0.6 is 15.9 Å². The Morgan fingerprint density at radius 1 is 1.18 bits per heavy atom. The molecule has 0 spiro atoms. The third kappa shape index (κ3) is 3.31. The number of aromatic hydroxyl groups is 1. The van der Waals surface area contributed by atoms with Gasteiger partial charge >= 0.3 is 5.97 Å². The summed E-state index contributed by atoms with van der Waals surface area (Å²) >= 11 is 3.21. The second-order valence-electron chi connectivity index (χ2n) is 4.44. The lowest BCUT2D eigenvalue weighted by molar-refractivity contribution is 0.0597. The van der Waals surface area contributed by atoms with Crippen molar-refractivity contribution in [1.82, 2.24) is 0 Å². The van der Waals surface area contributed by atoms with Crippen molar-refractivity contribution in [1.29, 1.82) is 0 Å². The maximum Gasteiger partial charge on any atom is 0.342 e. The van der Waals surface area contributed by atoms with Crippen LogP contribution in [0.25, 0.3) is 12.2 Å². The van der Waals surface area contributed by atoms with Crippen molar-refractivity contribution in [3.8, 4) is 11.5 Å². The van der Waals surface area contributed by atoms with Gasteiger partial charge in [-0.15, -0.1) is 0 Å². The fourth-order valence-corrected chi connectivity index (χ4v) is 2.46. The molecule has 0 radical (unpaired) electrons. The molecule has 1 N–H and O–H groups in total. The number of esters is 1. The molecule has 0 aliphatic rings. The summed E-state index contributed by atoms with van der Waals surface area (Å²) in [6.07, 6.45) is 3.57. The van der Waals surface area contributed by atoms with Crippen molar-refractivity contribution in [2.45, 2.75) is 0 Å². The lowest BCUT2D eigenvalue weighted by Crippen LogP contribution is -2.05. The Balaban J connectivity index is 2.55. The molecule has 0 fully saturated rings. The van der Waals surface area contributed by atoms with E-state index >= 15 is 0 Å². The van der Waals surface area contributed by atoms with Crippen molar-refractivity contribution in [3.63, 3.8) is 0 Å². The molecule has 4 nitrogen and oxygen atoms in total. The first-order valence-electron chi connectivity index (χ1n) is 6.49. The van der Waals surface area contributed by atoms with Crippen LogP contribution in [-0.4, -0.2) is 25.3 Å². The number of phenols is 1. The molecule has 2 aromatic carbocycles. The van der Waals surface area contributed by atoms with Crippen molar-refractivity contribution in [3.05, 3.63) is 57.6 Å². The van der Waals surface area contributed by atoms with E-state index in [0.29, 0.717) is 15.8 Å². The normalized spacial score (nSPS) is 10.7. The Kier molecular flexibility index (Phi) is 5.22. The van der Waals surface area contributed by atoms with Gasteiger partial charge in [0.15, 0.2) is 0 Å². The van der Waals surface area contributed by atoms with E-state index in [9.17, 15) is 9.90 Å². The molecule has 0 saturated heterocycles. The molecule has 2 aromatic rings. The van der Waals surface area contributed by atoms with Gasteiger partial charge in [-0.3, -0.25) is 0 Å². The highest BCUT2D eigenvalue weighted by Crippen LogP contribution is 2.39. The zero-order valence-electron chi connectivity index (χ0n) is 12.2. The molecule has 22 heavy (non-hydrogen) atoms. The monoisotopic (exact) mass is 362 g/mol. The number of rotatable bonds is 4. The standard InChI is InChI=1S/C17H15BrO4/c1-21-13-10-12(9-8-11-6-4-3-5-7-11)14(17(20)22-2)16(19)15(13)18/h3-10,19H,1-2H3/b9-8+. The van der Waals surface area contributed by atoms with Gasteiger partial charge in [0.05, 0.1) is 14.2 Å². The van der Waals surface area contributed by atoms with E-state index in [1.54, 1.807) is 12.1 Å². The zero-order valence-corrected chi connectivity index (χ0v) is 13.8. The average Bonchev–Trinajstić information content (AvgIpc) is 2.56. The van der Waals surface area contributed by atoms with Crippen LogP contribution in [-0.2, 0) is 4.74 Å². The maximum atomic E-state index is 11.9. The van der Waals surface area contributed by atoms with Crippen LogP contribution in [0.4, 0.5) is 0 Å². The van der Waals surface area contributed by atoms with E-state index < -0.39 is 5.97 Å². The number of benzene rings is 2. The second-order valence-corrected chi connectivity index (χ2v) is 5.23. The largest absolute Gasteiger partial charge is 0.506 e. The van der Waals surface area contributed by atoms with Crippen LogP contribution in [0, 0.1) is 0 Å². The van der Waals surface area contributed by atoms with Crippen molar-refractivity contribution in [2.75, 3.05) is 14.2 Å². The van der Waals surface area contributed by atoms with Crippen LogP contribution in [0.15, 0.2) is 40.9 Å². The summed E-state index contributed by atoms with van der Waals surface area (Å²) in [5.74, 6) is -0.398. The number of ether oxygens (including phenoxy) is 2. The fraction of sp³-hybridized carbons (Fsp3) is 0.118. The van der Waals surface area contributed by atoms with Crippen LogP contribution < -0.4 is 4.74 Å². The maximum absolute atomic E-state index is 11.9. The van der Waals surface area contributed by atoms with Gasteiger partial charge in [-0.1, -0.05) is 42.5 Å². The molecule has 0 bridgehead atoms. The fourth-order valence-electron chi connectivity index (χ4n) is 1.99. The number of halogens is 1. The van der Waals surface area contributed by atoms with Crippen molar-refractivity contribution >= 4 is 34.1 Å². The summed E-state index contributed by atoms with van der Waals surface area (Å²) in [5.41, 5.74) is 1.57. The molecule has 114 valence electrons. The van der Waals surface area contributed by atoms with Crippen LogP contribution in [0.1, 0.15) is 21.5 Å². The lowest BCUT2D eigenvalue weighted by atomic mass is 10.0.